The summed E-state index contributed by atoms with van der Waals surface area (Å²) in [6.07, 6.45) is 9.34. The predicted octanol–water partition coefficient (Wildman–Crippen LogP) is 1.54. The van der Waals surface area contributed by atoms with Crippen molar-refractivity contribution in [3.8, 4) is 0 Å². The standard InChI is InChI=1S/C16H25NO4S/c18-15(12-14-4-2-1-3-5-14)17-8-9-21-16(13-17)6-10-22(19,20)11-7-16/h2,4,14H,1,3,5-13H2. The smallest absolute Gasteiger partial charge is 0.223 e. The Morgan fingerprint density at radius 1 is 1.32 bits per heavy atom. The Hall–Kier alpha value is -0.880. The first-order chi connectivity index (χ1) is 10.5. The summed E-state index contributed by atoms with van der Waals surface area (Å²) in [7, 11) is -2.91. The van der Waals surface area contributed by atoms with E-state index in [9.17, 15) is 13.2 Å². The number of nitrogens with zero attached hydrogens (tertiary/aromatic N) is 1. The van der Waals surface area contributed by atoms with Crippen molar-refractivity contribution < 1.29 is 17.9 Å². The summed E-state index contributed by atoms with van der Waals surface area (Å²) in [6, 6.07) is 0. The van der Waals surface area contributed by atoms with Crippen molar-refractivity contribution in [2.24, 2.45) is 5.92 Å². The molecule has 22 heavy (non-hydrogen) atoms. The van der Waals surface area contributed by atoms with Crippen molar-refractivity contribution in [2.75, 3.05) is 31.2 Å². The fraction of sp³-hybridized carbons (Fsp3) is 0.812. The summed E-state index contributed by atoms with van der Waals surface area (Å²) in [5.41, 5.74) is -0.429. The van der Waals surface area contributed by atoms with Gasteiger partial charge in [0, 0.05) is 19.5 Å². The molecule has 124 valence electrons. The molecule has 0 aromatic heterocycles. The van der Waals surface area contributed by atoms with Crippen LogP contribution in [-0.2, 0) is 19.4 Å². The van der Waals surface area contributed by atoms with Gasteiger partial charge < -0.3 is 9.64 Å². The van der Waals surface area contributed by atoms with Crippen LogP contribution >= 0.6 is 0 Å². The van der Waals surface area contributed by atoms with Gasteiger partial charge in [-0.15, -0.1) is 0 Å². The topological polar surface area (TPSA) is 63.7 Å². The summed E-state index contributed by atoms with van der Waals surface area (Å²) >= 11 is 0. The second kappa shape index (κ2) is 6.32. The minimum Gasteiger partial charge on any atom is -0.371 e. The van der Waals surface area contributed by atoms with Gasteiger partial charge in [-0.2, -0.15) is 0 Å². The normalized spacial score (nSPS) is 30.4. The number of hydrogen-bond acceptors (Lipinski definition) is 4. The maximum absolute atomic E-state index is 12.5. The third kappa shape index (κ3) is 3.71. The van der Waals surface area contributed by atoms with Crippen molar-refractivity contribution in [1.82, 2.24) is 4.90 Å². The molecule has 0 N–H and O–H groups in total. The largest absolute Gasteiger partial charge is 0.371 e. The van der Waals surface area contributed by atoms with Gasteiger partial charge in [-0.25, -0.2) is 8.42 Å². The molecule has 0 aromatic rings. The number of carbonyl (C=O) groups is 1. The number of amides is 1. The van der Waals surface area contributed by atoms with Gasteiger partial charge in [-0.3, -0.25) is 4.79 Å². The van der Waals surface area contributed by atoms with Crippen LogP contribution in [0.25, 0.3) is 0 Å². The van der Waals surface area contributed by atoms with E-state index in [0.717, 1.165) is 12.8 Å². The molecule has 0 bridgehead atoms. The lowest BCUT2D eigenvalue weighted by molar-refractivity contribution is -0.152. The van der Waals surface area contributed by atoms with Gasteiger partial charge in [0.05, 0.1) is 23.7 Å². The van der Waals surface area contributed by atoms with Gasteiger partial charge in [0.1, 0.15) is 0 Å². The van der Waals surface area contributed by atoms with Crippen LogP contribution in [0.4, 0.5) is 0 Å². The first-order valence-electron chi connectivity index (χ1n) is 8.27. The Bertz CT molecular complexity index is 540. The molecule has 1 spiro atoms. The maximum atomic E-state index is 12.5. The molecule has 1 atom stereocenters. The molecule has 3 aliphatic rings. The summed E-state index contributed by atoms with van der Waals surface area (Å²) in [6.45, 7) is 1.70. The predicted molar refractivity (Wildman–Crippen MR) is 84.2 cm³/mol. The number of ether oxygens (including phenoxy) is 1. The molecule has 6 heteroatoms. The van der Waals surface area contributed by atoms with E-state index >= 15 is 0 Å². The van der Waals surface area contributed by atoms with Crippen LogP contribution < -0.4 is 0 Å². The Morgan fingerprint density at radius 3 is 2.77 bits per heavy atom. The van der Waals surface area contributed by atoms with Crippen LogP contribution in [0, 0.1) is 5.92 Å². The van der Waals surface area contributed by atoms with E-state index < -0.39 is 15.4 Å². The molecular weight excluding hydrogens is 302 g/mol. The number of rotatable bonds is 2. The number of sulfone groups is 1. The number of morpholine rings is 1. The second-order valence-electron chi connectivity index (χ2n) is 6.82. The zero-order chi connectivity index (χ0) is 15.6. The Morgan fingerprint density at radius 2 is 2.09 bits per heavy atom. The van der Waals surface area contributed by atoms with Crippen molar-refractivity contribution in [3.05, 3.63) is 12.2 Å². The van der Waals surface area contributed by atoms with Gasteiger partial charge in [-0.05, 0) is 38.0 Å². The highest BCUT2D eigenvalue weighted by atomic mass is 32.2. The van der Waals surface area contributed by atoms with Gasteiger partial charge in [0.25, 0.3) is 0 Å². The second-order valence-corrected chi connectivity index (χ2v) is 9.13. The molecule has 1 aliphatic carbocycles. The van der Waals surface area contributed by atoms with E-state index in [1.165, 1.54) is 6.42 Å². The first-order valence-corrected chi connectivity index (χ1v) is 10.1. The van der Waals surface area contributed by atoms with Crippen LogP contribution in [-0.4, -0.2) is 56.0 Å². The number of hydrogen-bond donors (Lipinski definition) is 0. The quantitative estimate of drug-likeness (QED) is 0.722. The Kier molecular flexibility index (Phi) is 4.59. The lowest BCUT2D eigenvalue weighted by Crippen LogP contribution is -2.56. The van der Waals surface area contributed by atoms with Crippen LogP contribution in [0.5, 0.6) is 0 Å². The van der Waals surface area contributed by atoms with E-state index in [2.05, 4.69) is 12.2 Å². The highest BCUT2D eigenvalue weighted by Gasteiger charge is 2.42. The lowest BCUT2D eigenvalue weighted by atomic mass is 9.91. The molecule has 1 unspecified atom stereocenters. The Labute approximate surface area is 132 Å². The van der Waals surface area contributed by atoms with E-state index in [1.807, 2.05) is 4.90 Å². The summed E-state index contributed by atoms with van der Waals surface area (Å²) in [5.74, 6) is 0.917. The lowest BCUT2D eigenvalue weighted by Gasteiger charge is -2.45. The van der Waals surface area contributed by atoms with Crippen LogP contribution in [0.3, 0.4) is 0 Å². The van der Waals surface area contributed by atoms with Gasteiger partial charge in [-0.1, -0.05) is 12.2 Å². The molecule has 0 saturated carbocycles. The van der Waals surface area contributed by atoms with Crippen LogP contribution in [0.2, 0.25) is 0 Å². The van der Waals surface area contributed by atoms with E-state index in [0.29, 0.717) is 44.9 Å². The molecule has 1 amide bonds. The van der Waals surface area contributed by atoms with Crippen molar-refractivity contribution in [3.63, 3.8) is 0 Å². The minimum atomic E-state index is -2.91. The average molecular weight is 327 g/mol. The zero-order valence-corrected chi connectivity index (χ0v) is 13.8. The molecule has 2 saturated heterocycles. The fourth-order valence-corrected chi connectivity index (χ4v) is 5.25. The molecular formula is C16H25NO4S. The number of allylic oxidation sites excluding steroid dienone is 2. The number of carbonyl (C=O) groups excluding carboxylic acids is 1. The maximum Gasteiger partial charge on any atom is 0.223 e. The van der Waals surface area contributed by atoms with E-state index in [4.69, 9.17) is 4.74 Å². The molecule has 3 rings (SSSR count). The first kappa shape index (κ1) is 16.0. The third-order valence-electron chi connectivity index (χ3n) is 5.13. The average Bonchev–Trinajstić information content (AvgIpc) is 2.52. The minimum absolute atomic E-state index is 0.181. The summed E-state index contributed by atoms with van der Waals surface area (Å²) in [5, 5.41) is 0. The molecule has 0 radical (unpaired) electrons. The van der Waals surface area contributed by atoms with E-state index in [-0.39, 0.29) is 17.4 Å². The zero-order valence-electron chi connectivity index (χ0n) is 13.0. The summed E-state index contributed by atoms with van der Waals surface area (Å²) < 4.78 is 29.1. The third-order valence-corrected chi connectivity index (χ3v) is 6.78. The molecule has 0 aromatic carbocycles. The fourth-order valence-electron chi connectivity index (χ4n) is 3.68. The molecule has 2 fully saturated rings. The van der Waals surface area contributed by atoms with E-state index in [1.54, 1.807) is 0 Å². The van der Waals surface area contributed by atoms with Crippen molar-refractivity contribution in [2.45, 2.75) is 44.1 Å². The molecule has 2 aliphatic heterocycles. The van der Waals surface area contributed by atoms with Crippen molar-refractivity contribution in [1.29, 1.82) is 0 Å². The van der Waals surface area contributed by atoms with Crippen LogP contribution in [0.15, 0.2) is 12.2 Å². The van der Waals surface area contributed by atoms with Crippen LogP contribution in [0.1, 0.15) is 38.5 Å². The molecule has 5 nitrogen and oxygen atoms in total. The highest BCUT2D eigenvalue weighted by Crippen LogP contribution is 2.32. The summed E-state index contributed by atoms with van der Waals surface area (Å²) in [4.78, 5) is 14.4. The Balaban J connectivity index is 1.59. The monoisotopic (exact) mass is 327 g/mol. The van der Waals surface area contributed by atoms with Gasteiger partial charge >= 0.3 is 0 Å². The SMILES string of the molecule is O=C(CC1C=CCCC1)N1CCOC2(CCS(=O)(=O)CC2)C1. The van der Waals surface area contributed by atoms with Crippen molar-refractivity contribution >= 4 is 15.7 Å². The van der Waals surface area contributed by atoms with Gasteiger partial charge in [0.15, 0.2) is 9.84 Å². The molecule has 2 heterocycles. The highest BCUT2D eigenvalue weighted by molar-refractivity contribution is 7.91. The van der Waals surface area contributed by atoms with Gasteiger partial charge in [0.2, 0.25) is 5.91 Å².